The van der Waals surface area contributed by atoms with Crippen molar-refractivity contribution in [3.05, 3.63) is 34.5 Å². The summed E-state index contributed by atoms with van der Waals surface area (Å²) in [6, 6.07) is 7.11. The number of nitrogens with one attached hydrogen (secondary N) is 1. The van der Waals surface area contributed by atoms with Gasteiger partial charge in [0.25, 0.3) is 5.91 Å². The summed E-state index contributed by atoms with van der Waals surface area (Å²) >= 11 is 3.42. The molecule has 2 heterocycles. The molecule has 1 aliphatic carbocycles. The lowest BCUT2D eigenvalue weighted by Crippen LogP contribution is -2.54. The van der Waals surface area contributed by atoms with Crippen molar-refractivity contribution in [2.24, 2.45) is 5.92 Å². The first-order chi connectivity index (χ1) is 13.9. The minimum absolute atomic E-state index is 0.0573. The molecule has 2 aliphatic rings. The van der Waals surface area contributed by atoms with E-state index in [1.807, 2.05) is 31.2 Å². The molecular formula is C21H23BrN2O5. The van der Waals surface area contributed by atoms with Gasteiger partial charge in [-0.15, -0.1) is 0 Å². The van der Waals surface area contributed by atoms with E-state index < -0.39 is 17.5 Å². The summed E-state index contributed by atoms with van der Waals surface area (Å²) in [5.41, 5.74) is -0.0983. The molecule has 1 spiro atoms. The number of ether oxygens (including phenoxy) is 1. The Balaban J connectivity index is 1.32. The van der Waals surface area contributed by atoms with Crippen molar-refractivity contribution in [1.29, 1.82) is 0 Å². The van der Waals surface area contributed by atoms with E-state index in [9.17, 15) is 14.4 Å². The summed E-state index contributed by atoms with van der Waals surface area (Å²) in [4.78, 5) is 38.4. The first-order valence-corrected chi connectivity index (χ1v) is 10.7. The zero-order valence-corrected chi connectivity index (χ0v) is 17.8. The van der Waals surface area contributed by atoms with Crippen LogP contribution in [-0.2, 0) is 20.7 Å². The Morgan fingerprint density at radius 2 is 2.17 bits per heavy atom. The Morgan fingerprint density at radius 3 is 2.97 bits per heavy atom. The van der Waals surface area contributed by atoms with Gasteiger partial charge < -0.3 is 14.5 Å². The number of fused-ring (bicyclic) bond motifs is 1. The number of hydrogen-bond acceptors (Lipinski definition) is 5. The SMILES string of the molecule is C[C@@H]1CCCC[C@@]12NC(=O)N(CC(=O)OCCc1cc3cc(Br)ccc3o1)C2=O. The van der Waals surface area contributed by atoms with Gasteiger partial charge in [0, 0.05) is 16.3 Å². The smallest absolute Gasteiger partial charge is 0.326 e. The molecule has 2 atom stereocenters. The van der Waals surface area contributed by atoms with Gasteiger partial charge in [-0.2, -0.15) is 0 Å². The normalized spacial score (nSPS) is 24.3. The largest absolute Gasteiger partial charge is 0.464 e. The lowest BCUT2D eigenvalue weighted by atomic mass is 9.73. The van der Waals surface area contributed by atoms with E-state index in [2.05, 4.69) is 21.2 Å². The van der Waals surface area contributed by atoms with E-state index in [1.165, 1.54) is 0 Å². The van der Waals surface area contributed by atoms with Crippen molar-refractivity contribution in [1.82, 2.24) is 10.2 Å². The molecular weight excluding hydrogens is 440 g/mol. The van der Waals surface area contributed by atoms with E-state index in [0.29, 0.717) is 18.6 Å². The third kappa shape index (κ3) is 3.77. The Hall–Kier alpha value is -2.35. The van der Waals surface area contributed by atoms with Crippen LogP contribution < -0.4 is 5.32 Å². The van der Waals surface area contributed by atoms with Crippen LogP contribution in [-0.4, -0.2) is 41.5 Å². The van der Waals surface area contributed by atoms with E-state index in [4.69, 9.17) is 9.15 Å². The molecule has 4 rings (SSSR count). The van der Waals surface area contributed by atoms with Gasteiger partial charge in [-0.1, -0.05) is 35.7 Å². The average Bonchev–Trinajstić information content (AvgIpc) is 3.18. The Morgan fingerprint density at radius 1 is 1.34 bits per heavy atom. The zero-order valence-electron chi connectivity index (χ0n) is 16.2. The molecule has 8 heteroatoms. The summed E-state index contributed by atoms with van der Waals surface area (Å²) in [6.45, 7) is 1.72. The minimum Gasteiger partial charge on any atom is -0.464 e. The number of hydrogen-bond donors (Lipinski definition) is 1. The number of amides is 3. The van der Waals surface area contributed by atoms with Crippen LogP contribution in [0.15, 0.2) is 33.2 Å². The molecule has 0 bridgehead atoms. The van der Waals surface area contributed by atoms with Crippen molar-refractivity contribution in [2.75, 3.05) is 13.2 Å². The van der Waals surface area contributed by atoms with Crippen LogP contribution >= 0.6 is 15.9 Å². The van der Waals surface area contributed by atoms with E-state index in [1.54, 1.807) is 0 Å². The van der Waals surface area contributed by atoms with Gasteiger partial charge >= 0.3 is 12.0 Å². The maximum absolute atomic E-state index is 12.9. The average molecular weight is 463 g/mol. The molecule has 1 saturated carbocycles. The number of benzene rings is 1. The van der Waals surface area contributed by atoms with Crippen LogP contribution in [0.5, 0.6) is 0 Å². The fourth-order valence-electron chi connectivity index (χ4n) is 4.27. The second-order valence-corrected chi connectivity index (χ2v) is 8.72. The van der Waals surface area contributed by atoms with E-state index in [0.717, 1.165) is 39.6 Å². The van der Waals surface area contributed by atoms with Gasteiger partial charge in [0.05, 0.1) is 6.61 Å². The van der Waals surface area contributed by atoms with Crippen LogP contribution in [0.4, 0.5) is 4.79 Å². The maximum atomic E-state index is 12.9. The summed E-state index contributed by atoms with van der Waals surface area (Å²) < 4.78 is 11.9. The number of halogens is 1. The summed E-state index contributed by atoms with van der Waals surface area (Å²) in [5.74, 6) is -0.153. The topological polar surface area (TPSA) is 88.8 Å². The van der Waals surface area contributed by atoms with Crippen molar-refractivity contribution in [3.8, 4) is 0 Å². The van der Waals surface area contributed by atoms with Gasteiger partial charge in [-0.3, -0.25) is 14.5 Å². The predicted molar refractivity (Wildman–Crippen MR) is 109 cm³/mol. The predicted octanol–water partition coefficient (Wildman–Crippen LogP) is 3.78. The first-order valence-electron chi connectivity index (χ1n) is 9.87. The molecule has 0 radical (unpaired) electrons. The number of carbonyl (C=O) groups is 3. The molecule has 7 nitrogen and oxygen atoms in total. The van der Waals surface area contributed by atoms with Gasteiger partial charge in [0.15, 0.2) is 0 Å². The molecule has 1 aromatic carbocycles. The summed E-state index contributed by atoms with van der Waals surface area (Å²) in [7, 11) is 0. The third-order valence-electron chi connectivity index (χ3n) is 5.93. The number of imide groups is 1. The zero-order chi connectivity index (χ0) is 20.6. The molecule has 1 aliphatic heterocycles. The highest BCUT2D eigenvalue weighted by molar-refractivity contribution is 9.10. The molecule has 2 fully saturated rings. The van der Waals surface area contributed by atoms with E-state index >= 15 is 0 Å². The second-order valence-electron chi connectivity index (χ2n) is 7.80. The number of furan rings is 1. The maximum Gasteiger partial charge on any atom is 0.326 e. The van der Waals surface area contributed by atoms with Crippen LogP contribution in [0, 0.1) is 5.92 Å². The second kappa shape index (κ2) is 7.82. The Kier molecular flexibility index (Phi) is 5.38. The molecule has 1 aromatic heterocycles. The van der Waals surface area contributed by atoms with Crippen molar-refractivity contribution in [3.63, 3.8) is 0 Å². The lowest BCUT2D eigenvalue weighted by Gasteiger charge is -2.36. The Bertz CT molecular complexity index is 971. The highest BCUT2D eigenvalue weighted by atomic mass is 79.9. The van der Waals surface area contributed by atoms with Crippen molar-refractivity contribution in [2.45, 2.75) is 44.6 Å². The number of rotatable bonds is 5. The molecule has 2 aromatic rings. The quantitative estimate of drug-likeness (QED) is 0.539. The third-order valence-corrected chi connectivity index (χ3v) is 6.42. The van der Waals surface area contributed by atoms with Crippen molar-refractivity contribution >= 4 is 44.8 Å². The number of urea groups is 1. The van der Waals surface area contributed by atoms with Gasteiger partial charge in [-0.25, -0.2) is 4.79 Å². The van der Waals surface area contributed by atoms with Crippen LogP contribution in [0.3, 0.4) is 0 Å². The molecule has 154 valence electrons. The van der Waals surface area contributed by atoms with E-state index in [-0.39, 0.29) is 25.0 Å². The molecule has 29 heavy (non-hydrogen) atoms. The molecule has 3 amide bonds. The van der Waals surface area contributed by atoms with Crippen LogP contribution in [0.1, 0.15) is 38.4 Å². The highest BCUT2D eigenvalue weighted by Crippen LogP contribution is 2.38. The Labute approximate surface area is 176 Å². The van der Waals surface area contributed by atoms with Crippen LogP contribution in [0.25, 0.3) is 11.0 Å². The first kappa shape index (κ1) is 19.9. The number of carbonyl (C=O) groups excluding carboxylic acids is 3. The fraction of sp³-hybridized carbons (Fsp3) is 0.476. The van der Waals surface area contributed by atoms with Gasteiger partial charge in [0.2, 0.25) is 0 Å². The summed E-state index contributed by atoms with van der Waals surface area (Å²) in [6.07, 6.45) is 3.86. The van der Waals surface area contributed by atoms with Crippen molar-refractivity contribution < 1.29 is 23.5 Å². The molecule has 0 unspecified atom stereocenters. The summed E-state index contributed by atoms with van der Waals surface area (Å²) in [5, 5.41) is 3.80. The monoisotopic (exact) mass is 462 g/mol. The number of nitrogens with zero attached hydrogens (tertiary/aromatic N) is 1. The molecule has 1 N–H and O–H groups in total. The lowest BCUT2D eigenvalue weighted by molar-refractivity contribution is -0.148. The van der Waals surface area contributed by atoms with Crippen LogP contribution in [0.2, 0.25) is 0 Å². The van der Waals surface area contributed by atoms with Gasteiger partial charge in [-0.05, 0) is 43.0 Å². The minimum atomic E-state index is -0.863. The van der Waals surface area contributed by atoms with Gasteiger partial charge in [0.1, 0.15) is 23.4 Å². The number of esters is 1. The molecule has 1 saturated heterocycles. The highest BCUT2D eigenvalue weighted by Gasteiger charge is 2.55. The standard InChI is InChI=1S/C21H23BrN2O5/c1-13-4-2-3-8-21(13)19(26)24(20(27)23-21)12-18(25)28-9-7-16-11-14-10-15(22)5-6-17(14)29-16/h5-6,10-11,13H,2-4,7-9,12H2,1H3,(H,23,27)/t13-,21-/m1/s1. The fourth-order valence-corrected chi connectivity index (χ4v) is 4.65.